The molecule has 2 aromatic rings. The minimum Gasteiger partial charge on any atom is -0.420 e. The number of aromatic nitrogens is 2. The Balaban J connectivity index is 1.97. The van der Waals surface area contributed by atoms with Crippen LogP contribution in [-0.4, -0.2) is 23.6 Å². The predicted octanol–water partition coefficient (Wildman–Crippen LogP) is 4.50. The molecule has 1 aromatic heterocycles. The zero-order valence-electron chi connectivity index (χ0n) is 11.3. The van der Waals surface area contributed by atoms with E-state index in [1.807, 2.05) is 36.0 Å². The summed E-state index contributed by atoms with van der Waals surface area (Å²) < 4.78 is 5.65. The van der Waals surface area contributed by atoms with E-state index in [1.54, 1.807) is 0 Å². The molecule has 0 aliphatic heterocycles. The van der Waals surface area contributed by atoms with Crippen molar-refractivity contribution in [2.75, 3.05) is 5.38 Å². The number of halogens is 1. The van der Waals surface area contributed by atoms with Crippen molar-refractivity contribution in [3.63, 3.8) is 0 Å². The van der Waals surface area contributed by atoms with Gasteiger partial charge in [0.2, 0.25) is 11.8 Å². The molecule has 102 valence electrons. The van der Waals surface area contributed by atoms with E-state index in [0.717, 1.165) is 11.3 Å². The molecule has 0 bridgehead atoms. The third-order valence-corrected chi connectivity index (χ3v) is 7.30. The van der Waals surface area contributed by atoms with Crippen LogP contribution in [0.15, 0.2) is 28.7 Å². The lowest BCUT2D eigenvalue weighted by Crippen LogP contribution is -2.23. The van der Waals surface area contributed by atoms with Gasteiger partial charge in [-0.2, -0.15) is 11.8 Å². The molecule has 0 fully saturated rings. The lowest BCUT2D eigenvalue weighted by atomic mass is 10.2. The quantitative estimate of drug-likeness (QED) is 0.762. The first-order valence-corrected chi connectivity index (χ1v) is 11.3. The van der Waals surface area contributed by atoms with Crippen molar-refractivity contribution in [2.24, 2.45) is 0 Å². The van der Waals surface area contributed by atoms with Crippen molar-refractivity contribution in [1.29, 1.82) is 0 Å². The smallest absolute Gasteiger partial charge is 0.247 e. The molecule has 6 heteroatoms. The fourth-order valence-corrected chi connectivity index (χ4v) is 4.74. The normalized spacial score (nSPS) is 11.8. The Hall–Kier alpha value is -0.783. The molecule has 0 radical (unpaired) electrons. The summed E-state index contributed by atoms with van der Waals surface area (Å²) in [6.45, 7) is 7.06. The minimum absolute atomic E-state index is 0.556. The zero-order valence-corrected chi connectivity index (χ0v) is 13.9. The van der Waals surface area contributed by atoms with Gasteiger partial charge in [0.25, 0.3) is 0 Å². The first kappa shape index (κ1) is 14.6. The van der Waals surface area contributed by atoms with Gasteiger partial charge in [-0.1, -0.05) is 31.2 Å². The van der Waals surface area contributed by atoms with Gasteiger partial charge in [-0.25, -0.2) is 0 Å². The van der Waals surface area contributed by atoms with E-state index in [0.29, 0.717) is 16.8 Å². The fraction of sp³-hybridized carbons (Fsp3) is 0.385. The highest BCUT2D eigenvalue weighted by Crippen LogP contribution is 2.22. The second kappa shape index (κ2) is 6.11. The summed E-state index contributed by atoms with van der Waals surface area (Å²) in [4.78, 5) is 0. The number of hydrogen-bond donors (Lipinski definition) is 0. The maximum Gasteiger partial charge on any atom is 0.247 e. The Morgan fingerprint density at radius 1 is 1.16 bits per heavy atom. The molecule has 0 aliphatic rings. The average Bonchev–Trinajstić information content (AvgIpc) is 2.77. The number of hydrogen-bond acceptors (Lipinski definition) is 4. The van der Waals surface area contributed by atoms with Gasteiger partial charge in [0.1, 0.15) is 0 Å². The monoisotopic (exact) mass is 312 g/mol. The molecule has 2 rings (SSSR count). The molecule has 3 nitrogen and oxygen atoms in total. The number of nitrogens with zero attached hydrogens (tertiary/aromatic N) is 2. The van der Waals surface area contributed by atoms with E-state index in [9.17, 15) is 0 Å². The lowest BCUT2D eigenvalue weighted by molar-refractivity contribution is 0.528. The number of thioether (sulfide) groups is 1. The maximum atomic E-state index is 5.85. The molecule has 0 saturated carbocycles. The molecule has 1 heterocycles. The Morgan fingerprint density at radius 2 is 1.84 bits per heavy atom. The molecular weight excluding hydrogens is 296 g/mol. The third kappa shape index (κ3) is 4.67. The fourth-order valence-electron chi connectivity index (χ4n) is 1.47. The summed E-state index contributed by atoms with van der Waals surface area (Å²) in [6.07, 6.45) is 0. The van der Waals surface area contributed by atoms with Crippen molar-refractivity contribution >= 4 is 31.4 Å². The first-order chi connectivity index (χ1) is 8.94. The van der Waals surface area contributed by atoms with Gasteiger partial charge in [0.15, 0.2) is 0 Å². The number of benzene rings is 1. The predicted molar refractivity (Wildman–Crippen MR) is 84.3 cm³/mol. The maximum absolute atomic E-state index is 5.85. The topological polar surface area (TPSA) is 38.9 Å². The van der Waals surface area contributed by atoms with E-state index >= 15 is 0 Å². The minimum atomic E-state index is -1.02. The van der Waals surface area contributed by atoms with Crippen LogP contribution in [0.1, 0.15) is 5.89 Å². The van der Waals surface area contributed by atoms with Crippen LogP contribution >= 0.6 is 23.4 Å². The number of rotatable bonds is 5. The van der Waals surface area contributed by atoms with Gasteiger partial charge in [0, 0.05) is 10.6 Å². The zero-order chi connectivity index (χ0) is 13.9. The molecular formula is C13H17ClN2OSSi. The Bertz CT molecular complexity index is 536. The lowest BCUT2D eigenvalue weighted by Gasteiger charge is -2.13. The highest BCUT2D eigenvalue weighted by atomic mass is 35.5. The van der Waals surface area contributed by atoms with Crippen LogP contribution < -0.4 is 0 Å². The molecule has 0 amide bonds. The average molecular weight is 313 g/mol. The Kier molecular flexibility index (Phi) is 4.70. The summed E-state index contributed by atoms with van der Waals surface area (Å²) in [5.41, 5.74) is 0.901. The first-order valence-electron chi connectivity index (χ1n) is 6.10. The van der Waals surface area contributed by atoms with Gasteiger partial charge in [-0.3, -0.25) is 0 Å². The Labute approximate surface area is 123 Å². The van der Waals surface area contributed by atoms with Crippen LogP contribution in [0.3, 0.4) is 0 Å². The highest BCUT2D eigenvalue weighted by molar-refractivity contribution is 8.00. The molecule has 0 saturated heterocycles. The molecule has 0 spiro atoms. The van der Waals surface area contributed by atoms with Crippen LogP contribution in [0, 0.1) is 0 Å². The summed E-state index contributed by atoms with van der Waals surface area (Å²) >= 11 is 7.72. The molecule has 0 unspecified atom stereocenters. The summed E-state index contributed by atoms with van der Waals surface area (Å²) in [5, 5.41) is 10.1. The summed E-state index contributed by atoms with van der Waals surface area (Å²) in [6, 6.07) is 7.41. The van der Waals surface area contributed by atoms with Crippen molar-refractivity contribution < 1.29 is 4.42 Å². The van der Waals surface area contributed by atoms with E-state index in [4.69, 9.17) is 16.0 Å². The van der Waals surface area contributed by atoms with Gasteiger partial charge < -0.3 is 4.42 Å². The Morgan fingerprint density at radius 3 is 2.47 bits per heavy atom. The van der Waals surface area contributed by atoms with E-state index in [1.165, 1.54) is 5.38 Å². The summed E-state index contributed by atoms with van der Waals surface area (Å²) in [5.74, 6) is 2.03. The third-order valence-electron chi connectivity index (χ3n) is 2.32. The summed E-state index contributed by atoms with van der Waals surface area (Å²) in [7, 11) is -1.02. The second-order valence-corrected chi connectivity index (χ2v) is 13.0. The van der Waals surface area contributed by atoms with Gasteiger partial charge >= 0.3 is 0 Å². The van der Waals surface area contributed by atoms with Crippen molar-refractivity contribution in [1.82, 2.24) is 10.2 Å². The van der Waals surface area contributed by atoms with Gasteiger partial charge in [-0.15, -0.1) is 10.2 Å². The van der Waals surface area contributed by atoms with Crippen LogP contribution in [0.25, 0.3) is 11.5 Å². The molecule has 0 aliphatic carbocycles. The van der Waals surface area contributed by atoms with E-state index in [2.05, 4.69) is 29.8 Å². The SMILES string of the molecule is C[Si](C)(C)CSCc1nnc(-c2ccc(Cl)cc2)o1. The molecule has 19 heavy (non-hydrogen) atoms. The molecule has 1 aromatic carbocycles. The van der Waals surface area contributed by atoms with Crippen molar-refractivity contribution in [3.05, 3.63) is 35.2 Å². The van der Waals surface area contributed by atoms with E-state index < -0.39 is 8.07 Å². The molecule has 0 N–H and O–H groups in total. The molecule has 0 atom stereocenters. The largest absolute Gasteiger partial charge is 0.420 e. The van der Waals surface area contributed by atoms with Gasteiger partial charge in [0.05, 0.1) is 13.8 Å². The highest BCUT2D eigenvalue weighted by Gasteiger charge is 2.14. The van der Waals surface area contributed by atoms with Crippen LogP contribution in [0.4, 0.5) is 0 Å². The van der Waals surface area contributed by atoms with E-state index in [-0.39, 0.29) is 0 Å². The van der Waals surface area contributed by atoms with Crippen LogP contribution in [0.2, 0.25) is 24.7 Å². The van der Waals surface area contributed by atoms with Crippen LogP contribution in [0.5, 0.6) is 0 Å². The standard InChI is InChI=1S/C13H17ClN2OSSi/c1-19(2,3)9-18-8-12-15-16-13(17-12)10-4-6-11(14)7-5-10/h4-7H,8-9H2,1-3H3. The van der Waals surface area contributed by atoms with Gasteiger partial charge in [-0.05, 0) is 29.6 Å². The van der Waals surface area contributed by atoms with Crippen molar-refractivity contribution in [2.45, 2.75) is 25.4 Å². The van der Waals surface area contributed by atoms with Crippen LogP contribution in [-0.2, 0) is 5.75 Å². The van der Waals surface area contributed by atoms with Crippen molar-refractivity contribution in [3.8, 4) is 11.5 Å². The second-order valence-electron chi connectivity index (χ2n) is 5.56.